The quantitative estimate of drug-likeness (QED) is 0.853. The second-order valence-corrected chi connectivity index (χ2v) is 4.42. The molecule has 1 aliphatic heterocycles. The molecule has 1 N–H and O–H groups in total. The lowest BCUT2D eigenvalue weighted by molar-refractivity contribution is 0.443. The number of piperidine rings is 1. The third-order valence-electron chi connectivity index (χ3n) is 3.23. The number of aromatic nitrogens is 3. The Morgan fingerprint density at radius 2 is 2.24 bits per heavy atom. The van der Waals surface area contributed by atoms with Gasteiger partial charge in [-0.1, -0.05) is 0 Å². The van der Waals surface area contributed by atoms with Crippen molar-refractivity contribution in [3.8, 4) is 11.6 Å². The van der Waals surface area contributed by atoms with E-state index in [1.54, 1.807) is 10.9 Å². The summed E-state index contributed by atoms with van der Waals surface area (Å²) in [7, 11) is 1.91. The number of hydrogen-bond acceptors (Lipinski definition) is 4. The number of furan rings is 1. The van der Waals surface area contributed by atoms with Crippen LogP contribution in [-0.2, 0) is 7.05 Å². The summed E-state index contributed by atoms with van der Waals surface area (Å²) in [5.41, 5.74) is 0. The van der Waals surface area contributed by atoms with Gasteiger partial charge in [0.1, 0.15) is 0 Å². The van der Waals surface area contributed by atoms with Crippen LogP contribution in [0.2, 0.25) is 0 Å². The zero-order valence-electron chi connectivity index (χ0n) is 9.89. The van der Waals surface area contributed by atoms with Crippen molar-refractivity contribution in [2.75, 3.05) is 13.1 Å². The molecule has 3 rings (SSSR count). The van der Waals surface area contributed by atoms with Crippen LogP contribution in [0.1, 0.15) is 24.6 Å². The SMILES string of the molecule is Cn1nc(C2CCNCC2)nc1-c1ccco1. The summed E-state index contributed by atoms with van der Waals surface area (Å²) in [6.07, 6.45) is 3.89. The van der Waals surface area contributed by atoms with E-state index in [1.807, 2.05) is 19.2 Å². The van der Waals surface area contributed by atoms with Gasteiger partial charge in [0.15, 0.2) is 17.4 Å². The van der Waals surface area contributed by atoms with Gasteiger partial charge in [0.2, 0.25) is 0 Å². The molecule has 1 aliphatic rings. The minimum absolute atomic E-state index is 0.478. The van der Waals surface area contributed by atoms with Crippen molar-refractivity contribution in [1.82, 2.24) is 20.1 Å². The lowest BCUT2D eigenvalue weighted by atomic mass is 9.98. The molecule has 0 aromatic carbocycles. The molecule has 2 aromatic rings. The third-order valence-corrected chi connectivity index (χ3v) is 3.23. The van der Waals surface area contributed by atoms with Gasteiger partial charge in [0.05, 0.1) is 6.26 Å². The van der Waals surface area contributed by atoms with Gasteiger partial charge in [-0.3, -0.25) is 0 Å². The summed E-state index contributed by atoms with van der Waals surface area (Å²) in [6.45, 7) is 2.11. The van der Waals surface area contributed by atoms with Crippen LogP contribution in [0.15, 0.2) is 22.8 Å². The van der Waals surface area contributed by atoms with Crippen molar-refractivity contribution in [3.05, 3.63) is 24.2 Å². The average Bonchev–Trinajstić information content (AvgIpc) is 2.99. The molecule has 3 heterocycles. The highest BCUT2D eigenvalue weighted by molar-refractivity contribution is 5.46. The second-order valence-electron chi connectivity index (χ2n) is 4.42. The van der Waals surface area contributed by atoms with E-state index < -0.39 is 0 Å². The van der Waals surface area contributed by atoms with E-state index in [0.717, 1.165) is 43.3 Å². The zero-order chi connectivity index (χ0) is 11.7. The average molecular weight is 232 g/mol. The topological polar surface area (TPSA) is 55.9 Å². The molecular weight excluding hydrogens is 216 g/mol. The first kappa shape index (κ1) is 10.5. The second kappa shape index (κ2) is 4.33. The highest BCUT2D eigenvalue weighted by Gasteiger charge is 2.21. The van der Waals surface area contributed by atoms with E-state index in [1.165, 1.54) is 0 Å². The van der Waals surface area contributed by atoms with E-state index in [2.05, 4.69) is 15.4 Å². The summed E-state index contributed by atoms with van der Waals surface area (Å²) in [5, 5.41) is 7.86. The molecule has 1 fully saturated rings. The van der Waals surface area contributed by atoms with Crippen molar-refractivity contribution in [2.24, 2.45) is 7.05 Å². The van der Waals surface area contributed by atoms with Crippen LogP contribution in [0.25, 0.3) is 11.6 Å². The highest BCUT2D eigenvalue weighted by Crippen LogP contribution is 2.25. The standard InChI is InChI=1S/C12H16N4O/c1-16-12(10-3-2-8-17-10)14-11(15-16)9-4-6-13-7-5-9/h2-3,8-9,13H,4-7H2,1H3. The summed E-state index contributed by atoms with van der Waals surface area (Å²) >= 11 is 0. The van der Waals surface area contributed by atoms with Gasteiger partial charge in [-0.05, 0) is 38.1 Å². The zero-order valence-corrected chi connectivity index (χ0v) is 9.89. The smallest absolute Gasteiger partial charge is 0.194 e. The highest BCUT2D eigenvalue weighted by atomic mass is 16.3. The number of rotatable bonds is 2. The van der Waals surface area contributed by atoms with Crippen LogP contribution < -0.4 is 5.32 Å². The van der Waals surface area contributed by atoms with Gasteiger partial charge in [-0.2, -0.15) is 5.10 Å². The van der Waals surface area contributed by atoms with Crippen LogP contribution in [0.5, 0.6) is 0 Å². The first-order chi connectivity index (χ1) is 8.34. The van der Waals surface area contributed by atoms with Gasteiger partial charge < -0.3 is 9.73 Å². The number of nitrogens with zero attached hydrogens (tertiary/aromatic N) is 3. The fourth-order valence-corrected chi connectivity index (χ4v) is 2.28. The monoisotopic (exact) mass is 232 g/mol. The molecule has 0 saturated carbocycles. The van der Waals surface area contributed by atoms with Crippen molar-refractivity contribution in [3.63, 3.8) is 0 Å². The lowest BCUT2D eigenvalue weighted by Gasteiger charge is -2.19. The van der Waals surface area contributed by atoms with E-state index in [0.29, 0.717) is 5.92 Å². The fraction of sp³-hybridized carbons (Fsp3) is 0.500. The molecule has 0 spiro atoms. The molecule has 5 nitrogen and oxygen atoms in total. The maximum Gasteiger partial charge on any atom is 0.194 e. The van der Waals surface area contributed by atoms with Crippen molar-refractivity contribution >= 4 is 0 Å². The van der Waals surface area contributed by atoms with E-state index in [-0.39, 0.29) is 0 Å². The molecule has 0 bridgehead atoms. The largest absolute Gasteiger partial charge is 0.461 e. The van der Waals surface area contributed by atoms with E-state index >= 15 is 0 Å². The summed E-state index contributed by atoms with van der Waals surface area (Å²) in [6, 6.07) is 3.78. The maximum absolute atomic E-state index is 5.37. The molecule has 2 aromatic heterocycles. The van der Waals surface area contributed by atoms with E-state index in [4.69, 9.17) is 4.42 Å². The Labute approximate surface area is 99.8 Å². The molecule has 5 heteroatoms. The molecule has 0 atom stereocenters. The summed E-state index contributed by atoms with van der Waals surface area (Å²) < 4.78 is 7.17. The van der Waals surface area contributed by atoms with Crippen LogP contribution >= 0.6 is 0 Å². The molecule has 0 aliphatic carbocycles. The maximum atomic E-state index is 5.37. The first-order valence-electron chi connectivity index (χ1n) is 6.00. The van der Waals surface area contributed by atoms with Crippen molar-refractivity contribution < 1.29 is 4.42 Å². The van der Waals surface area contributed by atoms with Crippen molar-refractivity contribution in [1.29, 1.82) is 0 Å². The van der Waals surface area contributed by atoms with Gasteiger partial charge in [-0.15, -0.1) is 0 Å². The number of aryl methyl sites for hydroxylation is 1. The van der Waals surface area contributed by atoms with E-state index in [9.17, 15) is 0 Å². The van der Waals surface area contributed by atoms with Gasteiger partial charge in [0, 0.05) is 13.0 Å². The summed E-state index contributed by atoms with van der Waals surface area (Å²) in [5.74, 6) is 3.01. The molecule has 0 unspecified atom stereocenters. The molecular formula is C12H16N4O. The Kier molecular flexibility index (Phi) is 2.68. The Morgan fingerprint density at radius 3 is 2.94 bits per heavy atom. The first-order valence-corrected chi connectivity index (χ1v) is 6.00. The molecule has 1 saturated heterocycles. The minimum Gasteiger partial charge on any atom is -0.461 e. The predicted molar refractivity (Wildman–Crippen MR) is 63.5 cm³/mol. The fourth-order valence-electron chi connectivity index (χ4n) is 2.28. The molecule has 0 amide bonds. The molecule has 17 heavy (non-hydrogen) atoms. The van der Waals surface area contributed by atoms with Gasteiger partial charge in [-0.25, -0.2) is 9.67 Å². The Bertz CT molecular complexity index is 483. The van der Waals surface area contributed by atoms with Crippen LogP contribution in [0, 0.1) is 0 Å². The van der Waals surface area contributed by atoms with Gasteiger partial charge >= 0.3 is 0 Å². The Morgan fingerprint density at radius 1 is 1.41 bits per heavy atom. The molecule has 90 valence electrons. The number of hydrogen-bond donors (Lipinski definition) is 1. The van der Waals surface area contributed by atoms with Crippen LogP contribution in [-0.4, -0.2) is 27.9 Å². The van der Waals surface area contributed by atoms with Crippen LogP contribution in [0.4, 0.5) is 0 Å². The Hall–Kier alpha value is -1.62. The number of nitrogens with one attached hydrogen (secondary N) is 1. The molecule has 0 radical (unpaired) electrons. The predicted octanol–water partition coefficient (Wildman–Crippen LogP) is 1.54. The Balaban J connectivity index is 1.90. The lowest BCUT2D eigenvalue weighted by Crippen LogP contribution is -2.27. The van der Waals surface area contributed by atoms with Crippen molar-refractivity contribution in [2.45, 2.75) is 18.8 Å². The van der Waals surface area contributed by atoms with Gasteiger partial charge in [0.25, 0.3) is 0 Å². The third kappa shape index (κ3) is 1.98. The normalized spacial score (nSPS) is 17.5. The van der Waals surface area contributed by atoms with Crippen LogP contribution in [0.3, 0.4) is 0 Å². The minimum atomic E-state index is 0.478. The summed E-state index contributed by atoms with van der Waals surface area (Å²) in [4.78, 5) is 4.61.